The Bertz CT molecular complexity index is 235. The number of hydrogen-bond acceptors (Lipinski definition) is 3. The first-order chi connectivity index (χ1) is 8.72. The number of aliphatic hydroxyl groups excluding tert-OH is 1. The van der Waals surface area contributed by atoms with Crippen molar-refractivity contribution in [2.45, 2.75) is 69.9 Å². The summed E-state index contributed by atoms with van der Waals surface area (Å²) in [7, 11) is 0. The molecule has 0 aromatic rings. The van der Waals surface area contributed by atoms with Gasteiger partial charge in [-0.15, -0.1) is 0 Å². The van der Waals surface area contributed by atoms with Gasteiger partial charge in [-0.1, -0.05) is 19.3 Å². The molecule has 0 aromatic carbocycles. The minimum atomic E-state index is -0.0659. The molecule has 2 N–H and O–H groups in total. The summed E-state index contributed by atoms with van der Waals surface area (Å²) in [5.74, 6) is 0. The lowest BCUT2D eigenvalue weighted by atomic mass is 9.98. The Morgan fingerprint density at radius 1 is 1.11 bits per heavy atom. The molecule has 2 rings (SSSR count). The first-order valence-corrected chi connectivity index (χ1v) is 7.83. The summed E-state index contributed by atoms with van der Waals surface area (Å²) in [4.78, 5) is 2.60. The van der Waals surface area contributed by atoms with Gasteiger partial charge in [0.1, 0.15) is 0 Å². The molecule has 1 saturated heterocycles. The third-order valence-corrected chi connectivity index (χ3v) is 4.41. The molecule has 1 heterocycles. The van der Waals surface area contributed by atoms with Crippen molar-refractivity contribution in [3.63, 3.8) is 0 Å². The molecule has 0 aromatic heterocycles. The van der Waals surface area contributed by atoms with Crippen molar-refractivity contribution < 1.29 is 5.11 Å². The standard InChI is InChI=1S/C15H30N2O/c1-15(13-18,16-14-7-8-14)9-12-17-10-5-3-2-4-6-11-17/h14,16,18H,2-13H2,1H3. The second-order valence-corrected chi connectivity index (χ2v) is 6.50. The Morgan fingerprint density at radius 3 is 2.28 bits per heavy atom. The molecule has 0 bridgehead atoms. The zero-order valence-electron chi connectivity index (χ0n) is 12.0. The van der Waals surface area contributed by atoms with E-state index < -0.39 is 0 Å². The molecule has 106 valence electrons. The van der Waals surface area contributed by atoms with Crippen molar-refractivity contribution in [1.29, 1.82) is 0 Å². The smallest absolute Gasteiger partial charge is 0.0611 e. The van der Waals surface area contributed by atoms with E-state index in [1.807, 2.05) is 0 Å². The fourth-order valence-electron chi connectivity index (χ4n) is 2.86. The second kappa shape index (κ2) is 6.88. The van der Waals surface area contributed by atoms with E-state index in [2.05, 4.69) is 17.1 Å². The molecule has 1 unspecified atom stereocenters. The summed E-state index contributed by atoms with van der Waals surface area (Å²) < 4.78 is 0. The zero-order valence-corrected chi connectivity index (χ0v) is 12.0. The first-order valence-electron chi connectivity index (χ1n) is 7.83. The van der Waals surface area contributed by atoms with E-state index in [-0.39, 0.29) is 12.1 Å². The molecule has 1 aliphatic carbocycles. The Labute approximate surface area is 112 Å². The summed E-state index contributed by atoms with van der Waals surface area (Å²) in [5.41, 5.74) is -0.0659. The molecule has 0 radical (unpaired) electrons. The minimum absolute atomic E-state index is 0.0659. The Kier molecular flexibility index (Phi) is 5.46. The molecule has 2 fully saturated rings. The van der Waals surface area contributed by atoms with Crippen LogP contribution in [0.4, 0.5) is 0 Å². The van der Waals surface area contributed by atoms with Crippen molar-refractivity contribution in [3.05, 3.63) is 0 Å². The van der Waals surface area contributed by atoms with Crippen molar-refractivity contribution in [2.75, 3.05) is 26.2 Å². The van der Waals surface area contributed by atoms with Crippen LogP contribution in [0, 0.1) is 0 Å². The highest BCUT2D eigenvalue weighted by Gasteiger charge is 2.32. The average Bonchev–Trinajstić information content (AvgIpc) is 3.11. The molecule has 3 heteroatoms. The second-order valence-electron chi connectivity index (χ2n) is 6.50. The number of nitrogens with one attached hydrogen (secondary N) is 1. The Balaban J connectivity index is 1.72. The van der Waals surface area contributed by atoms with Gasteiger partial charge in [0.05, 0.1) is 6.61 Å². The van der Waals surface area contributed by atoms with Crippen molar-refractivity contribution in [3.8, 4) is 0 Å². The monoisotopic (exact) mass is 254 g/mol. The molecule has 1 atom stereocenters. The fourth-order valence-corrected chi connectivity index (χ4v) is 2.86. The van der Waals surface area contributed by atoms with E-state index in [4.69, 9.17) is 0 Å². The van der Waals surface area contributed by atoms with Crippen molar-refractivity contribution in [2.24, 2.45) is 0 Å². The number of nitrogens with zero attached hydrogens (tertiary/aromatic N) is 1. The molecule has 0 amide bonds. The third kappa shape index (κ3) is 4.87. The van der Waals surface area contributed by atoms with Gasteiger partial charge in [-0.25, -0.2) is 0 Å². The van der Waals surface area contributed by atoms with E-state index in [1.54, 1.807) is 0 Å². The summed E-state index contributed by atoms with van der Waals surface area (Å²) in [6.07, 6.45) is 10.6. The molecule has 1 saturated carbocycles. The van der Waals surface area contributed by atoms with Crippen LogP contribution >= 0.6 is 0 Å². The number of aliphatic hydroxyl groups is 1. The third-order valence-electron chi connectivity index (χ3n) is 4.41. The number of hydrogen-bond donors (Lipinski definition) is 2. The maximum Gasteiger partial charge on any atom is 0.0611 e. The van der Waals surface area contributed by atoms with Gasteiger partial charge >= 0.3 is 0 Å². The number of likely N-dealkylation sites (tertiary alicyclic amines) is 1. The highest BCUT2D eigenvalue weighted by Crippen LogP contribution is 2.24. The van der Waals surface area contributed by atoms with Crippen LogP contribution in [-0.2, 0) is 0 Å². The van der Waals surface area contributed by atoms with Crippen LogP contribution in [0.1, 0.15) is 58.3 Å². The van der Waals surface area contributed by atoms with Gasteiger partial charge in [0.15, 0.2) is 0 Å². The van der Waals surface area contributed by atoms with Crippen LogP contribution in [0.15, 0.2) is 0 Å². The van der Waals surface area contributed by atoms with E-state index in [0.717, 1.165) is 13.0 Å². The van der Waals surface area contributed by atoms with E-state index in [1.165, 1.54) is 58.0 Å². The first kappa shape index (κ1) is 14.3. The summed E-state index contributed by atoms with van der Waals surface area (Å²) >= 11 is 0. The summed E-state index contributed by atoms with van der Waals surface area (Å²) in [6, 6.07) is 0.675. The van der Waals surface area contributed by atoms with Gasteiger partial charge in [0.2, 0.25) is 0 Å². The van der Waals surface area contributed by atoms with Gasteiger partial charge in [-0.2, -0.15) is 0 Å². The van der Waals surface area contributed by atoms with Crippen molar-refractivity contribution in [1.82, 2.24) is 10.2 Å². The predicted molar refractivity (Wildman–Crippen MR) is 75.8 cm³/mol. The van der Waals surface area contributed by atoms with Crippen LogP contribution < -0.4 is 5.32 Å². The van der Waals surface area contributed by atoms with Gasteiger partial charge in [-0.05, 0) is 58.7 Å². The average molecular weight is 254 g/mol. The zero-order chi connectivity index (χ0) is 12.8. The molecule has 2 aliphatic rings. The van der Waals surface area contributed by atoms with Gasteiger partial charge < -0.3 is 15.3 Å². The predicted octanol–water partition coefficient (Wildman–Crippen LogP) is 2.15. The Morgan fingerprint density at radius 2 is 1.72 bits per heavy atom. The maximum absolute atomic E-state index is 9.61. The maximum atomic E-state index is 9.61. The molecule has 1 aliphatic heterocycles. The van der Waals surface area contributed by atoms with E-state index in [9.17, 15) is 5.11 Å². The van der Waals surface area contributed by atoms with Gasteiger partial charge in [0, 0.05) is 11.6 Å². The SMILES string of the molecule is CC(CO)(CCN1CCCCCCC1)NC1CC1. The lowest BCUT2D eigenvalue weighted by Crippen LogP contribution is -2.49. The highest BCUT2D eigenvalue weighted by atomic mass is 16.3. The van der Waals surface area contributed by atoms with Crippen LogP contribution in [0.3, 0.4) is 0 Å². The quantitative estimate of drug-likeness (QED) is 0.762. The summed E-state index contributed by atoms with van der Waals surface area (Å²) in [6.45, 7) is 6.08. The van der Waals surface area contributed by atoms with Crippen molar-refractivity contribution >= 4 is 0 Å². The molecule has 3 nitrogen and oxygen atoms in total. The fraction of sp³-hybridized carbons (Fsp3) is 1.00. The lowest BCUT2D eigenvalue weighted by Gasteiger charge is -2.33. The lowest BCUT2D eigenvalue weighted by molar-refractivity contribution is 0.140. The molecule has 18 heavy (non-hydrogen) atoms. The topological polar surface area (TPSA) is 35.5 Å². The van der Waals surface area contributed by atoms with Crippen LogP contribution in [0.5, 0.6) is 0 Å². The molecular formula is C15H30N2O. The van der Waals surface area contributed by atoms with Gasteiger partial charge in [0.25, 0.3) is 0 Å². The largest absolute Gasteiger partial charge is 0.394 e. The Hall–Kier alpha value is -0.120. The number of rotatable bonds is 6. The van der Waals surface area contributed by atoms with Crippen LogP contribution in [0.25, 0.3) is 0 Å². The highest BCUT2D eigenvalue weighted by molar-refractivity contribution is 4.92. The van der Waals surface area contributed by atoms with Crippen LogP contribution in [0.2, 0.25) is 0 Å². The van der Waals surface area contributed by atoms with Crippen LogP contribution in [-0.4, -0.2) is 47.8 Å². The minimum Gasteiger partial charge on any atom is -0.394 e. The van der Waals surface area contributed by atoms with E-state index in [0.29, 0.717) is 6.04 Å². The van der Waals surface area contributed by atoms with E-state index >= 15 is 0 Å². The molecule has 0 spiro atoms. The van der Waals surface area contributed by atoms with Gasteiger partial charge in [-0.3, -0.25) is 0 Å². The normalized spacial score (nSPS) is 26.3. The molecular weight excluding hydrogens is 224 g/mol. The summed E-state index contributed by atoms with van der Waals surface area (Å²) in [5, 5.41) is 13.2.